The Bertz CT molecular complexity index is 8210. The molecule has 33 nitrogen and oxygen atoms in total. The summed E-state index contributed by atoms with van der Waals surface area (Å²) in [7, 11) is -9.95. The number of Topliss-reactive ketones (excluding diaryl/α,β-unsaturated/α-hetero) is 1. The van der Waals surface area contributed by atoms with Crippen molar-refractivity contribution in [1.29, 1.82) is 0 Å². The van der Waals surface area contributed by atoms with Crippen molar-refractivity contribution in [2.75, 3.05) is 38.1 Å². The fourth-order valence-electron chi connectivity index (χ4n) is 16.1. The molecule has 1 saturated carbocycles. The topological polar surface area (TPSA) is 421 Å². The Kier molecular flexibility index (Phi) is 29.2. The predicted octanol–water partition coefficient (Wildman–Crippen LogP) is 17.7. The van der Waals surface area contributed by atoms with E-state index in [0.29, 0.717) is 118 Å². The molecule has 5 N–H and O–H groups in total. The average molecular weight is 1940 g/mol. The zero-order valence-corrected chi connectivity index (χ0v) is 79.8. The molecule has 142 heavy (non-hydrogen) atoms. The molecule has 1 aliphatic carbocycles. The number of hydrogen-bond acceptors (Lipinski definition) is 28. The van der Waals surface area contributed by atoms with Gasteiger partial charge < -0.3 is 26.6 Å². The smallest absolute Gasteiger partial charge is 0.222 e. The molecule has 0 bridgehead atoms. The van der Waals surface area contributed by atoms with Crippen LogP contribution >= 0.6 is 0 Å². The Balaban J connectivity index is 0.000000125. The van der Waals surface area contributed by atoms with Crippen LogP contribution in [0.3, 0.4) is 0 Å². The van der Waals surface area contributed by atoms with Gasteiger partial charge in [-0.1, -0.05) is 153 Å². The maximum atomic E-state index is 12.5. The molecule has 16 aromatic heterocycles. The Morgan fingerprint density at radius 2 is 0.655 bits per heavy atom. The lowest BCUT2D eigenvalue weighted by atomic mass is 10.1. The molecule has 4 aromatic carbocycles. The zero-order valence-electron chi connectivity index (χ0n) is 77.3. The van der Waals surface area contributed by atoms with Crippen LogP contribution in [0.15, 0.2) is 342 Å². The molecule has 0 spiro atoms. The fraction of sp³-hybridized carbons (Fsp3) is 0.151. The van der Waals surface area contributed by atoms with E-state index in [1.54, 1.807) is 93.7 Å². The second-order valence-corrected chi connectivity index (χ2v) is 40.1. The predicted molar refractivity (Wildman–Crippen MR) is 549 cm³/mol. The molecule has 0 radical (unpaired) electrons. The molecule has 21 rings (SSSR count). The van der Waals surface area contributed by atoms with Crippen LogP contribution in [-0.4, -0.2) is 152 Å². The lowest BCUT2D eigenvalue weighted by Crippen LogP contribution is -2.15. The summed E-state index contributed by atoms with van der Waals surface area (Å²) in [5.41, 5.74) is 19.5. The normalized spacial score (nSPS) is 11.9. The highest BCUT2D eigenvalue weighted by molar-refractivity contribution is 7.91. The molecule has 1 amide bonds. The number of anilines is 5. The standard InChI is InChI=1S/C27H24N6O3S.C27H24N6O2S.C27H26N6O2S.C25H21N7O/c1-19(34)17-37(35,36)18-20-13-22(15-28-14-20)26-31-27(30-16-23-9-5-6-11-29-23)25-24(10-12-33(25)32-26)21-7-3-2-4-8-21;34-36(35,23-9-10-23)18-19-14-21(16-28-15-19)26-31-27(30-17-22-8-4-5-12-29-22)25-24(11-13-33(25)32-26)20-6-2-1-3-7-20;1-2-14-36(34,35)19-20-15-22(17-28-16-20)26-31-27(30-18-23-10-6-7-12-29-23)25-24(11-13-33(25)32-26)21-8-4-3-5-9-21;1-17(33)29-22-11-10-19(15-27-22)24-30-25(28-16-20-9-5-6-13-26-20)23-21(12-14-32(23)31-24)18-7-3-2-4-8-18/h2-15H,16-18H2,1H3,(H,30,31,32);1-8,11-16,23H,9-10,17-18H2,(H,30,31,32);3-13,15-17H,2,14,18-19H2,1H3,(H,30,31,32);2-15H,16H2,1H3,(H,27,29,33)(H,28,30,31). The van der Waals surface area contributed by atoms with Gasteiger partial charge in [-0.2, -0.15) is 0 Å². The Morgan fingerprint density at radius 3 is 0.944 bits per heavy atom. The van der Waals surface area contributed by atoms with Crippen molar-refractivity contribution < 1.29 is 34.8 Å². The highest BCUT2D eigenvalue weighted by Gasteiger charge is 2.36. The minimum Gasteiger partial charge on any atom is -0.363 e. The number of rotatable bonds is 32. The molecule has 1 fully saturated rings. The van der Waals surface area contributed by atoms with Gasteiger partial charge in [-0.05, 0) is 168 Å². The second-order valence-electron chi connectivity index (χ2n) is 33.6. The number of amides is 1. The van der Waals surface area contributed by atoms with E-state index in [0.717, 1.165) is 108 Å². The van der Waals surface area contributed by atoms with Crippen molar-refractivity contribution in [3.63, 3.8) is 0 Å². The number of sulfone groups is 3. The van der Waals surface area contributed by atoms with Crippen molar-refractivity contribution in [2.45, 2.75) is 88.7 Å². The highest BCUT2D eigenvalue weighted by atomic mass is 32.2. The van der Waals surface area contributed by atoms with Crippen molar-refractivity contribution >= 4 is 92.4 Å². The summed E-state index contributed by atoms with van der Waals surface area (Å²) >= 11 is 0. The molecular formula is C106H95N25O8S3. The number of nitrogens with one attached hydrogen (secondary N) is 5. The fourth-order valence-corrected chi connectivity index (χ4v) is 20.6. The molecule has 0 atom stereocenters. The first-order valence-electron chi connectivity index (χ1n) is 45.7. The Hall–Kier alpha value is -17.3. The van der Waals surface area contributed by atoms with Gasteiger partial charge in [0.25, 0.3) is 0 Å². The van der Waals surface area contributed by atoms with Crippen LogP contribution in [0.1, 0.15) is 79.5 Å². The molecule has 16 heterocycles. The Labute approximate surface area is 818 Å². The Morgan fingerprint density at radius 1 is 0.338 bits per heavy atom. The average Bonchev–Trinajstić information content (AvgIpc) is 1.62. The van der Waals surface area contributed by atoms with Crippen molar-refractivity contribution in [2.24, 2.45) is 0 Å². The van der Waals surface area contributed by atoms with E-state index in [1.807, 2.05) is 230 Å². The SMILES string of the molecule is CC(=O)CS(=O)(=O)Cc1cncc(-c2nc(NCc3ccccn3)c3c(-c4ccccc4)ccn3n2)c1.CC(=O)Nc1ccc(-c2nc(NCc3ccccn3)c3c(-c4ccccc4)ccn3n2)cn1.CCCS(=O)(=O)Cc1cncc(-c2nc(NCc3ccccn3)c3c(-c4ccccc4)ccn3n2)c1.O=S(=O)(Cc1cncc(-c2nc(NCc3ccccn3)c3c(-c4ccccc4)ccn3n2)c1)C1CC1. The maximum absolute atomic E-state index is 12.5. The third-order valence-electron chi connectivity index (χ3n) is 22.6. The largest absolute Gasteiger partial charge is 0.363 e. The number of ketones is 1. The van der Waals surface area contributed by atoms with E-state index in [1.165, 1.54) is 20.0 Å². The molecule has 0 aliphatic heterocycles. The van der Waals surface area contributed by atoms with Gasteiger partial charge in [-0.25, -0.2) is 68.2 Å². The number of fused-ring (bicyclic) bond motifs is 4. The zero-order chi connectivity index (χ0) is 97.9. The summed E-state index contributed by atoms with van der Waals surface area (Å²) < 4.78 is 81.6. The minimum absolute atomic E-state index is 0.0206. The number of carbonyl (C=O) groups excluding carboxylic acids is 2. The molecule has 36 heteroatoms. The molecule has 710 valence electrons. The number of carbonyl (C=O) groups is 2. The van der Waals surface area contributed by atoms with Crippen LogP contribution in [0, 0.1) is 0 Å². The molecule has 0 unspecified atom stereocenters. The minimum atomic E-state index is -3.60. The number of nitrogens with zero attached hydrogens (tertiary/aromatic N) is 20. The third kappa shape index (κ3) is 23.9. The van der Waals surface area contributed by atoms with Gasteiger partial charge in [0, 0.05) is 144 Å². The van der Waals surface area contributed by atoms with Gasteiger partial charge in [0.15, 0.2) is 76.1 Å². The summed E-state index contributed by atoms with van der Waals surface area (Å²) in [5.74, 6) is 3.59. The third-order valence-corrected chi connectivity index (χ3v) is 28.3. The van der Waals surface area contributed by atoms with Crippen molar-refractivity contribution in [3.05, 3.63) is 381 Å². The van der Waals surface area contributed by atoms with E-state index in [-0.39, 0.29) is 34.2 Å². The van der Waals surface area contributed by atoms with Crippen LogP contribution in [0.5, 0.6) is 0 Å². The second kappa shape index (κ2) is 43.6. The van der Waals surface area contributed by atoms with Gasteiger partial charge in [0.1, 0.15) is 39.4 Å². The molecule has 20 aromatic rings. The van der Waals surface area contributed by atoms with Crippen LogP contribution in [-0.2, 0) is 82.5 Å². The van der Waals surface area contributed by atoms with Crippen LogP contribution in [0.2, 0.25) is 0 Å². The first-order valence-corrected chi connectivity index (χ1v) is 51.0. The maximum Gasteiger partial charge on any atom is 0.222 e. The van der Waals surface area contributed by atoms with Gasteiger partial charge in [-0.15, -0.1) is 20.4 Å². The van der Waals surface area contributed by atoms with Gasteiger partial charge in [0.2, 0.25) is 5.91 Å². The first kappa shape index (κ1) is 95.1. The summed E-state index contributed by atoms with van der Waals surface area (Å²) in [5, 5.41) is 35.1. The number of benzene rings is 4. The van der Waals surface area contributed by atoms with Gasteiger partial charge >= 0.3 is 0 Å². The number of aromatic nitrogens is 20. The van der Waals surface area contributed by atoms with E-state index >= 15 is 0 Å². The summed E-state index contributed by atoms with van der Waals surface area (Å²) in [6, 6.07) is 80.3. The molecule has 1 aliphatic rings. The molecular weight excluding hydrogens is 1850 g/mol. The van der Waals surface area contributed by atoms with Crippen molar-refractivity contribution in [3.8, 4) is 90.1 Å². The highest BCUT2D eigenvalue weighted by Crippen LogP contribution is 2.38. The quantitative estimate of drug-likeness (QED) is 0.0261. The van der Waals surface area contributed by atoms with Crippen LogP contribution in [0.25, 0.3) is 112 Å². The van der Waals surface area contributed by atoms with Crippen molar-refractivity contribution in [1.82, 2.24) is 98.3 Å². The summed E-state index contributed by atoms with van der Waals surface area (Å²) in [6.45, 7) is 6.51. The van der Waals surface area contributed by atoms with Gasteiger partial charge in [-0.3, -0.25) is 44.5 Å². The molecule has 0 saturated heterocycles. The van der Waals surface area contributed by atoms with E-state index in [2.05, 4.69) is 103 Å². The summed E-state index contributed by atoms with van der Waals surface area (Å²) in [6.07, 6.45) is 27.9. The van der Waals surface area contributed by atoms with E-state index < -0.39 is 41.0 Å². The lowest BCUT2D eigenvalue weighted by Gasteiger charge is -2.12. The van der Waals surface area contributed by atoms with E-state index in [4.69, 9.17) is 40.3 Å². The van der Waals surface area contributed by atoms with Crippen LogP contribution < -0.4 is 26.6 Å². The first-order chi connectivity index (χ1) is 69.1. The van der Waals surface area contributed by atoms with E-state index in [9.17, 15) is 34.8 Å². The number of hydrogen-bond donors (Lipinski definition) is 5. The van der Waals surface area contributed by atoms with Crippen LogP contribution in [0.4, 0.5) is 29.1 Å². The number of pyridine rings is 8. The van der Waals surface area contributed by atoms with Gasteiger partial charge in [0.05, 0.1) is 77.2 Å². The summed E-state index contributed by atoms with van der Waals surface area (Å²) in [4.78, 5) is 76.7. The lowest BCUT2D eigenvalue weighted by molar-refractivity contribution is -0.115. The monoisotopic (exact) mass is 1940 g/mol.